The van der Waals surface area contributed by atoms with Crippen LogP contribution in [0, 0.1) is 11.8 Å². The van der Waals surface area contributed by atoms with Gasteiger partial charge in [0, 0.05) is 31.7 Å². The highest BCUT2D eigenvalue weighted by atomic mass is 32.2. The first kappa shape index (κ1) is 14.8. The van der Waals surface area contributed by atoms with Crippen LogP contribution in [0.4, 0.5) is 0 Å². The van der Waals surface area contributed by atoms with Crippen molar-refractivity contribution >= 4 is 9.84 Å². The van der Waals surface area contributed by atoms with Gasteiger partial charge in [-0.1, -0.05) is 13.8 Å². The van der Waals surface area contributed by atoms with Gasteiger partial charge < -0.3 is 0 Å². The predicted octanol–water partition coefficient (Wildman–Crippen LogP) is 1.23. The molecule has 4 nitrogen and oxygen atoms in total. The molecule has 3 atom stereocenters. The molecule has 3 fully saturated rings. The van der Waals surface area contributed by atoms with Crippen LogP contribution in [-0.2, 0) is 9.84 Å². The fourth-order valence-electron chi connectivity index (χ4n) is 4.29. The zero-order valence-electron chi connectivity index (χ0n) is 12.8. The molecule has 3 unspecified atom stereocenters. The Hall–Kier alpha value is -0.130. The average Bonchev–Trinajstić information content (AvgIpc) is 2.94. The van der Waals surface area contributed by atoms with Crippen LogP contribution < -0.4 is 0 Å². The Morgan fingerprint density at radius 2 is 2.00 bits per heavy atom. The number of nitrogens with zero attached hydrogens (tertiary/aromatic N) is 2. The van der Waals surface area contributed by atoms with Crippen molar-refractivity contribution in [2.45, 2.75) is 45.2 Å². The summed E-state index contributed by atoms with van der Waals surface area (Å²) in [4.78, 5) is 5.27. The maximum absolute atomic E-state index is 11.7. The van der Waals surface area contributed by atoms with Crippen LogP contribution in [0.15, 0.2) is 0 Å². The van der Waals surface area contributed by atoms with E-state index in [9.17, 15) is 8.42 Å². The lowest BCUT2D eigenvalue weighted by Gasteiger charge is -2.46. The van der Waals surface area contributed by atoms with E-state index in [0.717, 1.165) is 25.6 Å². The van der Waals surface area contributed by atoms with Gasteiger partial charge in [-0.2, -0.15) is 0 Å². The summed E-state index contributed by atoms with van der Waals surface area (Å²) in [5.74, 6) is 1.85. The first-order chi connectivity index (χ1) is 9.44. The normalized spacial score (nSPS) is 38.5. The van der Waals surface area contributed by atoms with E-state index in [1.165, 1.54) is 25.9 Å². The lowest BCUT2D eigenvalue weighted by Crippen LogP contribution is -2.58. The molecule has 3 saturated heterocycles. The number of fused-ring (bicyclic) bond motifs is 1. The molecule has 0 aromatic carbocycles. The molecule has 0 spiro atoms. The summed E-state index contributed by atoms with van der Waals surface area (Å²) in [5, 5.41) is 0. The summed E-state index contributed by atoms with van der Waals surface area (Å²) in [5.41, 5.74) is 0. The average molecular weight is 300 g/mol. The van der Waals surface area contributed by atoms with Gasteiger partial charge in [-0.3, -0.25) is 9.80 Å². The molecule has 0 saturated carbocycles. The van der Waals surface area contributed by atoms with Crippen molar-refractivity contribution in [3.05, 3.63) is 0 Å². The Bertz CT molecular complexity index is 449. The summed E-state index contributed by atoms with van der Waals surface area (Å²) in [6, 6.07) is 1.33. The largest absolute Gasteiger partial charge is 0.298 e. The number of sulfone groups is 1. The van der Waals surface area contributed by atoms with E-state index in [1.54, 1.807) is 0 Å². The molecule has 3 heterocycles. The number of hydrogen-bond acceptors (Lipinski definition) is 4. The SMILES string of the molecule is CC(C)C1CN2CCCC2CN1CC1CCS(=O)(=O)C1. The molecule has 0 aromatic rings. The maximum atomic E-state index is 11.7. The topological polar surface area (TPSA) is 40.6 Å². The van der Waals surface area contributed by atoms with E-state index in [2.05, 4.69) is 23.6 Å². The molecule has 0 N–H and O–H groups in total. The van der Waals surface area contributed by atoms with E-state index in [0.29, 0.717) is 29.4 Å². The van der Waals surface area contributed by atoms with Gasteiger partial charge in [-0.15, -0.1) is 0 Å². The standard InChI is InChI=1S/C15H28N2O2S/c1-12(2)15-10-16-6-3-4-14(16)9-17(15)8-13-5-7-20(18,19)11-13/h12-15H,3-11H2,1-2H3. The van der Waals surface area contributed by atoms with E-state index in [1.807, 2.05) is 0 Å². The number of piperazine rings is 1. The highest BCUT2D eigenvalue weighted by Gasteiger charge is 2.39. The van der Waals surface area contributed by atoms with Gasteiger partial charge in [0.1, 0.15) is 0 Å². The van der Waals surface area contributed by atoms with Gasteiger partial charge >= 0.3 is 0 Å². The molecule has 116 valence electrons. The molecule has 3 rings (SSSR count). The van der Waals surface area contributed by atoms with E-state index >= 15 is 0 Å². The first-order valence-electron chi connectivity index (χ1n) is 8.13. The Morgan fingerprint density at radius 3 is 2.65 bits per heavy atom. The molecule has 0 amide bonds. The van der Waals surface area contributed by atoms with E-state index in [-0.39, 0.29) is 0 Å². The summed E-state index contributed by atoms with van der Waals surface area (Å²) < 4.78 is 23.3. The molecule has 3 aliphatic rings. The van der Waals surface area contributed by atoms with Crippen LogP contribution in [0.25, 0.3) is 0 Å². The monoisotopic (exact) mass is 300 g/mol. The van der Waals surface area contributed by atoms with E-state index < -0.39 is 9.84 Å². The summed E-state index contributed by atoms with van der Waals surface area (Å²) in [7, 11) is -2.74. The van der Waals surface area contributed by atoms with Crippen molar-refractivity contribution < 1.29 is 8.42 Å². The molecule has 0 aromatic heterocycles. The van der Waals surface area contributed by atoms with Gasteiger partial charge in [-0.05, 0) is 37.6 Å². The Balaban J connectivity index is 1.66. The van der Waals surface area contributed by atoms with Crippen LogP contribution in [0.3, 0.4) is 0 Å². The molecular weight excluding hydrogens is 272 g/mol. The van der Waals surface area contributed by atoms with Gasteiger partial charge in [0.2, 0.25) is 0 Å². The maximum Gasteiger partial charge on any atom is 0.150 e. The third kappa shape index (κ3) is 3.04. The van der Waals surface area contributed by atoms with Crippen molar-refractivity contribution in [1.29, 1.82) is 0 Å². The Morgan fingerprint density at radius 1 is 1.20 bits per heavy atom. The highest BCUT2D eigenvalue weighted by Crippen LogP contribution is 2.29. The van der Waals surface area contributed by atoms with Crippen molar-refractivity contribution in [1.82, 2.24) is 9.80 Å². The van der Waals surface area contributed by atoms with Crippen molar-refractivity contribution in [2.75, 3.05) is 37.7 Å². The molecule has 0 aliphatic carbocycles. The smallest absolute Gasteiger partial charge is 0.150 e. The zero-order valence-corrected chi connectivity index (χ0v) is 13.6. The van der Waals surface area contributed by atoms with Crippen LogP contribution in [0.1, 0.15) is 33.1 Å². The highest BCUT2D eigenvalue weighted by molar-refractivity contribution is 7.91. The quantitative estimate of drug-likeness (QED) is 0.786. The Kier molecular flexibility index (Phi) is 4.13. The minimum Gasteiger partial charge on any atom is -0.298 e. The summed E-state index contributed by atoms with van der Waals surface area (Å²) >= 11 is 0. The fraction of sp³-hybridized carbons (Fsp3) is 1.00. The molecule has 0 bridgehead atoms. The first-order valence-corrected chi connectivity index (χ1v) is 9.95. The minimum atomic E-state index is -2.74. The second kappa shape index (κ2) is 5.58. The zero-order chi connectivity index (χ0) is 14.3. The Labute approximate surface area is 123 Å². The van der Waals surface area contributed by atoms with Crippen molar-refractivity contribution in [3.63, 3.8) is 0 Å². The van der Waals surface area contributed by atoms with Gasteiger partial charge in [-0.25, -0.2) is 8.42 Å². The van der Waals surface area contributed by atoms with Crippen molar-refractivity contribution in [3.8, 4) is 0 Å². The second-order valence-corrected chi connectivity index (χ2v) is 9.55. The van der Waals surface area contributed by atoms with Crippen molar-refractivity contribution in [2.24, 2.45) is 11.8 Å². The molecule has 5 heteroatoms. The molecule has 20 heavy (non-hydrogen) atoms. The van der Waals surface area contributed by atoms with Crippen LogP contribution >= 0.6 is 0 Å². The number of rotatable bonds is 3. The minimum absolute atomic E-state index is 0.370. The van der Waals surface area contributed by atoms with Gasteiger partial charge in [0.15, 0.2) is 9.84 Å². The fourth-order valence-corrected chi connectivity index (χ4v) is 6.14. The van der Waals surface area contributed by atoms with Gasteiger partial charge in [0.05, 0.1) is 11.5 Å². The molecule has 0 radical (unpaired) electrons. The third-order valence-electron chi connectivity index (χ3n) is 5.42. The third-order valence-corrected chi connectivity index (χ3v) is 7.26. The lowest BCUT2D eigenvalue weighted by molar-refractivity contribution is 0.0214. The number of hydrogen-bond donors (Lipinski definition) is 0. The molecule has 3 aliphatic heterocycles. The summed E-state index contributed by atoms with van der Waals surface area (Å²) in [6.07, 6.45) is 3.53. The van der Waals surface area contributed by atoms with Gasteiger partial charge in [0.25, 0.3) is 0 Å². The summed E-state index contributed by atoms with van der Waals surface area (Å²) in [6.45, 7) is 9.20. The van der Waals surface area contributed by atoms with E-state index in [4.69, 9.17) is 0 Å². The lowest BCUT2D eigenvalue weighted by atomic mass is 9.95. The predicted molar refractivity (Wildman–Crippen MR) is 81.6 cm³/mol. The van der Waals surface area contributed by atoms with Crippen LogP contribution in [0.5, 0.6) is 0 Å². The molecular formula is C15H28N2O2S. The second-order valence-electron chi connectivity index (χ2n) is 7.33. The van der Waals surface area contributed by atoms with Crippen LogP contribution in [-0.4, -0.2) is 68.0 Å². The van der Waals surface area contributed by atoms with Crippen LogP contribution in [0.2, 0.25) is 0 Å².